The summed E-state index contributed by atoms with van der Waals surface area (Å²) >= 11 is 0. The summed E-state index contributed by atoms with van der Waals surface area (Å²) in [5, 5.41) is 11.3. The van der Waals surface area contributed by atoms with Crippen LogP contribution in [0.1, 0.15) is 31.1 Å². The molecule has 0 fully saturated rings. The van der Waals surface area contributed by atoms with Crippen LogP contribution in [0.4, 0.5) is 0 Å². The van der Waals surface area contributed by atoms with Crippen molar-refractivity contribution in [1.82, 2.24) is 10.2 Å². The number of amides is 1. The molecule has 1 amide bonds. The predicted molar refractivity (Wildman–Crippen MR) is 69.6 cm³/mol. The average molecular weight is 268 g/mol. The number of carboxylic acid groups (broad SMARTS) is 1. The summed E-state index contributed by atoms with van der Waals surface area (Å²) in [4.78, 5) is 23.9. The number of nitrogens with one attached hydrogen (secondary N) is 1. The van der Waals surface area contributed by atoms with Gasteiger partial charge in [0.05, 0.1) is 12.3 Å². The molecule has 0 aliphatic heterocycles. The van der Waals surface area contributed by atoms with Crippen LogP contribution in [0.25, 0.3) is 0 Å². The van der Waals surface area contributed by atoms with Crippen molar-refractivity contribution < 1.29 is 19.1 Å². The van der Waals surface area contributed by atoms with Gasteiger partial charge in [-0.3, -0.25) is 14.5 Å². The molecule has 1 unspecified atom stereocenters. The molecule has 0 aromatic carbocycles. The van der Waals surface area contributed by atoms with Gasteiger partial charge in [0.25, 0.3) is 0 Å². The largest absolute Gasteiger partial charge is 0.481 e. The van der Waals surface area contributed by atoms with Gasteiger partial charge in [0.2, 0.25) is 5.91 Å². The lowest BCUT2D eigenvalue weighted by Crippen LogP contribution is -2.34. The first-order valence-corrected chi connectivity index (χ1v) is 6.19. The Bertz CT molecular complexity index is 401. The van der Waals surface area contributed by atoms with E-state index >= 15 is 0 Å². The molecular formula is C13H20N2O4. The maximum absolute atomic E-state index is 11.6. The first-order chi connectivity index (χ1) is 9.00. The molecule has 106 valence electrons. The third-order valence-electron chi connectivity index (χ3n) is 2.78. The molecule has 0 aliphatic carbocycles. The van der Waals surface area contributed by atoms with E-state index in [9.17, 15) is 9.59 Å². The Kier molecular flexibility index (Phi) is 6.08. The van der Waals surface area contributed by atoms with E-state index in [1.54, 1.807) is 12.3 Å². The van der Waals surface area contributed by atoms with Crippen molar-refractivity contribution in [2.45, 2.75) is 25.3 Å². The molecule has 6 nitrogen and oxygen atoms in total. The highest BCUT2D eigenvalue weighted by Crippen LogP contribution is 2.17. The Balaban J connectivity index is 2.36. The minimum absolute atomic E-state index is 0.0166. The molecule has 19 heavy (non-hydrogen) atoms. The summed E-state index contributed by atoms with van der Waals surface area (Å²) in [6, 6.07) is 3.64. The van der Waals surface area contributed by atoms with E-state index in [0.717, 1.165) is 5.76 Å². The van der Waals surface area contributed by atoms with Crippen LogP contribution in [-0.4, -0.2) is 42.5 Å². The first kappa shape index (κ1) is 15.2. The van der Waals surface area contributed by atoms with Gasteiger partial charge in [-0.05, 0) is 32.6 Å². The van der Waals surface area contributed by atoms with Crippen molar-refractivity contribution in [2.24, 2.45) is 0 Å². The van der Waals surface area contributed by atoms with Crippen molar-refractivity contribution in [2.75, 3.05) is 20.6 Å². The molecule has 6 heteroatoms. The fraction of sp³-hybridized carbons (Fsp3) is 0.538. The number of nitrogens with zero attached hydrogens (tertiary/aromatic N) is 1. The van der Waals surface area contributed by atoms with E-state index in [-0.39, 0.29) is 24.8 Å². The lowest BCUT2D eigenvalue weighted by Gasteiger charge is -2.22. The number of carbonyl (C=O) groups is 2. The Hall–Kier alpha value is -1.82. The van der Waals surface area contributed by atoms with E-state index in [4.69, 9.17) is 9.52 Å². The second kappa shape index (κ2) is 7.58. The fourth-order valence-corrected chi connectivity index (χ4v) is 1.72. The van der Waals surface area contributed by atoms with Crippen LogP contribution < -0.4 is 5.32 Å². The van der Waals surface area contributed by atoms with E-state index in [2.05, 4.69) is 5.32 Å². The zero-order chi connectivity index (χ0) is 14.3. The molecule has 0 bridgehead atoms. The van der Waals surface area contributed by atoms with Crippen molar-refractivity contribution in [3.05, 3.63) is 24.2 Å². The van der Waals surface area contributed by atoms with Gasteiger partial charge in [0, 0.05) is 19.4 Å². The van der Waals surface area contributed by atoms with E-state index < -0.39 is 5.97 Å². The van der Waals surface area contributed by atoms with Gasteiger partial charge in [-0.2, -0.15) is 0 Å². The van der Waals surface area contributed by atoms with Gasteiger partial charge < -0.3 is 14.8 Å². The van der Waals surface area contributed by atoms with Crippen LogP contribution in [0.2, 0.25) is 0 Å². The predicted octanol–water partition coefficient (Wildman–Crippen LogP) is 1.25. The molecular weight excluding hydrogens is 248 g/mol. The third kappa shape index (κ3) is 5.56. The molecule has 0 aliphatic rings. The molecule has 0 saturated heterocycles. The Morgan fingerprint density at radius 2 is 2.16 bits per heavy atom. The van der Waals surface area contributed by atoms with Crippen LogP contribution >= 0.6 is 0 Å². The second-order valence-electron chi connectivity index (χ2n) is 4.55. The smallest absolute Gasteiger partial charge is 0.303 e. The molecule has 0 radical (unpaired) electrons. The van der Waals surface area contributed by atoms with Gasteiger partial charge in [0.15, 0.2) is 0 Å². The zero-order valence-electron chi connectivity index (χ0n) is 11.3. The SMILES string of the molecule is CN(C)C(CNC(=O)CCCC(=O)O)c1ccco1. The molecule has 1 aromatic heterocycles. The third-order valence-corrected chi connectivity index (χ3v) is 2.78. The average Bonchev–Trinajstić information content (AvgIpc) is 2.82. The van der Waals surface area contributed by atoms with Crippen molar-refractivity contribution >= 4 is 11.9 Å². The second-order valence-corrected chi connectivity index (χ2v) is 4.55. The lowest BCUT2D eigenvalue weighted by atomic mass is 10.2. The highest BCUT2D eigenvalue weighted by atomic mass is 16.4. The van der Waals surface area contributed by atoms with Gasteiger partial charge in [-0.25, -0.2) is 0 Å². The van der Waals surface area contributed by atoms with Crippen molar-refractivity contribution in [1.29, 1.82) is 0 Å². The normalized spacial score (nSPS) is 12.4. The van der Waals surface area contributed by atoms with Crippen molar-refractivity contribution in [3.8, 4) is 0 Å². The highest BCUT2D eigenvalue weighted by molar-refractivity contribution is 5.76. The van der Waals surface area contributed by atoms with Crippen LogP contribution in [0.15, 0.2) is 22.8 Å². The Labute approximate surface area is 112 Å². The maximum Gasteiger partial charge on any atom is 0.303 e. The molecule has 1 aromatic rings. The lowest BCUT2D eigenvalue weighted by molar-refractivity contribution is -0.137. The topological polar surface area (TPSA) is 82.8 Å². The Morgan fingerprint density at radius 1 is 1.42 bits per heavy atom. The van der Waals surface area contributed by atoms with Crippen LogP contribution in [0.5, 0.6) is 0 Å². The number of hydrogen-bond acceptors (Lipinski definition) is 4. The first-order valence-electron chi connectivity index (χ1n) is 6.19. The number of aliphatic carboxylic acids is 1. The number of carbonyl (C=O) groups excluding carboxylic acids is 1. The minimum atomic E-state index is -0.880. The summed E-state index contributed by atoms with van der Waals surface area (Å²) in [6.45, 7) is 0.437. The molecule has 1 heterocycles. The van der Waals surface area contributed by atoms with Gasteiger partial charge in [0.1, 0.15) is 5.76 Å². The summed E-state index contributed by atoms with van der Waals surface area (Å²) < 4.78 is 5.33. The number of likely N-dealkylation sites (N-methyl/N-ethyl adjacent to an activating group) is 1. The number of hydrogen-bond donors (Lipinski definition) is 2. The Morgan fingerprint density at radius 3 is 2.68 bits per heavy atom. The van der Waals surface area contributed by atoms with Crippen LogP contribution in [0, 0.1) is 0 Å². The molecule has 2 N–H and O–H groups in total. The maximum atomic E-state index is 11.6. The highest BCUT2D eigenvalue weighted by Gasteiger charge is 2.17. The van der Waals surface area contributed by atoms with Gasteiger partial charge in [-0.1, -0.05) is 0 Å². The quantitative estimate of drug-likeness (QED) is 0.741. The zero-order valence-corrected chi connectivity index (χ0v) is 11.3. The summed E-state index contributed by atoms with van der Waals surface area (Å²) in [5.74, 6) is -0.231. The van der Waals surface area contributed by atoms with Crippen molar-refractivity contribution in [3.63, 3.8) is 0 Å². The molecule has 0 spiro atoms. The fourth-order valence-electron chi connectivity index (χ4n) is 1.72. The number of carboxylic acids is 1. The van der Waals surface area contributed by atoms with E-state index in [0.29, 0.717) is 13.0 Å². The number of rotatable bonds is 8. The van der Waals surface area contributed by atoms with Gasteiger partial charge in [-0.15, -0.1) is 0 Å². The molecule has 1 rings (SSSR count). The summed E-state index contributed by atoms with van der Waals surface area (Å²) in [5.41, 5.74) is 0. The number of furan rings is 1. The molecule has 1 atom stereocenters. The van der Waals surface area contributed by atoms with E-state index in [1.165, 1.54) is 0 Å². The molecule has 0 saturated carbocycles. The minimum Gasteiger partial charge on any atom is -0.481 e. The van der Waals surface area contributed by atoms with E-state index in [1.807, 2.05) is 25.1 Å². The summed E-state index contributed by atoms with van der Waals surface area (Å²) in [7, 11) is 3.81. The monoisotopic (exact) mass is 268 g/mol. The van der Waals surface area contributed by atoms with Crippen LogP contribution in [0.3, 0.4) is 0 Å². The summed E-state index contributed by atoms with van der Waals surface area (Å²) in [6.07, 6.45) is 2.20. The standard InChI is InChI=1S/C13H20N2O4/c1-15(2)10(11-5-4-8-19-11)9-14-12(16)6-3-7-13(17)18/h4-5,8,10H,3,6-7,9H2,1-2H3,(H,14,16)(H,17,18). The van der Waals surface area contributed by atoms with Gasteiger partial charge >= 0.3 is 5.97 Å². The van der Waals surface area contributed by atoms with Crippen LogP contribution in [-0.2, 0) is 9.59 Å².